The first kappa shape index (κ1) is 26.6. The number of hydrogen-bond acceptors (Lipinski definition) is 5. The number of benzene rings is 3. The number of carbonyl (C=O) groups excluding carboxylic acids is 2. The molecule has 3 unspecified atom stereocenters. The third kappa shape index (κ3) is 6.10. The number of thioether (sulfide) groups is 1. The highest BCUT2D eigenvalue weighted by Crippen LogP contribution is 2.44. The van der Waals surface area contributed by atoms with E-state index in [4.69, 9.17) is 9.47 Å². The highest BCUT2D eigenvalue weighted by molar-refractivity contribution is 7.99. The predicted octanol–water partition coefficient (Wildman–Crippen LogP) is 5.40. The molecule has 3 aromatic carbocycles. The molecule has 2 amide bonds. The smallest absolute Gasteiger partial charge is 0.244 e. The molecule has 0 spiro atoms. The van der Waals surface area contributed by atoms with Crippen molar-refractivity contribution in [3.05, 3.63) is 95.6 Å². The van der Waals surface area contributed by atoms with Crippen LogP contribution in [0.1, 0.15) is 42.0 Å². The van der Waals surface area contributed by atoms with Crippen LogP contribution < -0.4 is 14.8 Å². The van der Waals surface area contributed by atoms with Gasteiger partial charge in [-0.15, -0.1) is 11.8 Å². The largest absolute Gasteiger partial charge is 0.493 e. The molecule has 0 radical (unpaired) electrons. The molecule has 1 aliphatic heterocycles. The lowest BCUT2D eigenvalue weighted by Crippen LogP contribution is -2.50. The lowest BCUT2D eigenvalue weighted by molar-refractivity contribution is -0.142. The molecule has 1 heterocycles. The fraction of sp³-hybridized carbons (Fsp3) is 0.333. The van der Waals surface area contributed by atoms with Crippen LogP contribution in [0.2, 0.25) is 0 Å². The number of nitrogens with zero attached hydrogens (tertiary/aromatic N) is 1. The van der Waals surface area contributed by atoms with Crippen LogP contribution in [0, 0.1) is 5.92 Å². The topological polar surface area (TPSA) is 67.9 Å². The molecule has 3 aromatic rings. The average Bonchev–Trinajstić information content (AvgIpc) is 3.38. The van der Waals surface area contributed by atoms with Gasteiger partial charge in [0.25, 0.3) is 0 Å². The SMILES string of the molecule is COc1ccc(C2SCC(C(=O)NC(Cc3ccccc3)c3ccccc3)N2C(=O)C(C)C)cc1OC. The van der Waals surface area contributed by atoms with Gasteiger partial charge >= 0.3 is 0 Å². The van der Waals surface area contributed by atoms with Gasteiger partial charge in [-0.05, 0) is 35.2 Å². The third-order valence-corrected chi connectivity index (χ3v) is 7.87. The molecule has 194 valence electrons. The molecule has 4 rings (SSSR count). The van der Waals surface area contributed by atoms with Crippen molar-refractivity contribution in [1.82, 2.24) is 10.2 Å². The second kappa shape index (κ2) is 12.2. The van der Waals surface area contributed by atoms with Gasteiger partial charge in [-0.3, -0.25) is 9.59 Å². The van der Waals surface area contributed by atoms with Crippen LogP contribution in [0.5, 0.6) is 11.5 Å². The predicted molar refractivity (Wildman–Crippen MR) is 148 cm³/mol. The highest BCUT2D eigenvalue weighted by Gasteiger charge is 2.43. The molecule has 1 saturated heterocycles. The number of methoxy groups -OCH3 is 2. The van der Waals surface area contributed by atoms with E-state index < -0.39 is 6.04 Å². The molecular weight excluding hydrogens is 484 g/mol. The summed E-state index contributed by atoms with van der Waals surface area (Å²) in [4.78, 5) is 29.0. The molecule has 1 N–H and O–H groups in total. The van der Waals surface area contributed by atoms with Gasteiger partial charge < -0.3 is 19.7 Å². The van der Waals surface area contributed by atoms with Crippen LogP contribution in [-0.2, 0) is 16.0 Å². The van der Waals surface area contributed by atoms with Crippen molar-refractivity contribution >= 4 is 23.6 Å². The van der Waals surface area contributed by atoms with Crippen LogP contribution in [0.3, 0.4) is 0 Å². The summed E-state index contributed by atoms with van der Waals surface area (Å²) in [6, 6.07) is 25.0. The van der Waals surface area contributed by atoms with Crippen LogP contribution in [-0.4, -0.2) is 42.7 Å². The fourth-order valence-electron chi connectivity index (χ4n) is 4.59. The zero-order chi connectivity index (χ0) is 26.4. The molecule has 1 fully saturated rings. The summed E-state index contributed by atoms with van der Waals surface area (Å²) in [6.07, 6.45) is 0.660. The minimum atomic E-state index is -0.583. The number of nitrogens with one attached hydrogen (secondary N) is 1. The number of carbonyl (C=O) groups is 2. The Kier molecular flexibility index (Phi) is 8.77. The van der Waals surface area contributed by atoms with E-state index in [0.29, 0.717) is 23.7 Å². The van der Waals surface area contributed by atoms with Gasteiger partial charge in [-0.25, -0.2) is 0 Å². The zero-order valence-electron chi connectivity index (χ0n) is 21.7. The van der Waals surface area contributed by atoms with Crippen LogP contribution >= 0.6 is 11.8 Å². The summed E-state index contributed by atoms with van der Waals surface area (Å²) in [5.74, 6) is 1.29. The molecule has 37 heavy (non-hydrogen) atoms. The van der Waals surface area contributed by atoms with E-state index in [0.717, 1.165) is 16.7 Å². The quantitative estimate of drug-likeness (QED) is 0.411. The van der Waals surface area contributed by atoms with Crippen molar-refractivity contribution in [3.8, 4) is 11.5 Å². The van der Waals surface area contributed by atoms with Gasteiger partial charge in [0.05, 0.1) is 20.3 Å². The number of hydrogen-bond donors (Lipinski definition) is 1. The number of rotatable bonds is 9. The van der Waals surface area contributed by atoms with Crippen LogP contribution in [0.4, 0.5) is 0 Å². The van der Waals surface area contributed by atoms with E-state index >= 15 is 0 Å². The standard InChI is InChI=1S/C30H34N2O4S/c1-20(2)29(34)32-25(19-37-30(32)23-15-16-26(35-3)27(18-23)36-4)28(33)31-24(22-13-9-6-10-14-22)17-21-11-7-5-8-12-21/h5-16,18,20,24-25,30H,17,19H2,1-4H3,(H,31,33). The first-order valence-corrected chi connectivity index (χ1v) is 13.5. The molecule has 1 aliphatic rings. The Morgan fingerprint density at radius 3 is 2.22 bits per heavy atom. The van der Waals surface area contributed by atoms with Gasteiger partial charge in [0.1, 0.15) is 11.4 Å². The Morgan fingerprint density at radius 2 is 1.59 bits per heavy atom. The van der Waals surface area contributed by atoms with Crippen molar-refractivity contribution in [3.63, 3.8) is 0 Å². The maximum Gasteiger partial charge on any atom is 0.244 e. The molecule has 3 atom stereocenters. The van der Waals surface area contributed by atoms with Gasteiger partial charge in [0.2, 0.25) is 11.8 Å². The fourth-order valence-corrected chi connectivity index (χ4v) is 6.02. The average molecular weight is 519 g/mol. The minimum Gasteiger partial charge on any atom is -0.493 e. The monoisotopic (exact) mass is 518 g/mol. The molecule has 0 bridgehead atoms. The molecule has 7 heteroatoms. The van der Waals surface area contributed by atoms with E-state index in [1.165, 1.54) is 0 Å². The maximum absolute atomic E-state index is 13.8. The van der Waals surface area contributed by atoms with Crippen LogP contribution in [0.25, 0.3) is 0 Å². The highest BCUT2D eigenvalue weighted by atomic mass is 32.2. The summed E-state index contributed by atoms with van der Waals surface area (Å²) in [6.45, 7) is 3.74. The molecular formula is C30H34N2O4S. The lowest BCUT2D eigenvalue weighted by Gasteiger charge is -2.32. The summed E-state index contributed by atoms with van der Waals surface area (Å²) in [5, 5.41) is 2.97. The van der Waals surface area contributed by atoms with Crippen molar-refractivity contribution in [2.24, 2.45) is 5.92 Å². The summed E-state index contributed by atoms with van der Waals surface area (Å²) in [5.41, 5.74) is 3.06. The Hall–Kier alpha value is -3.45. The normalized spacial score (nSPS) is 17.9. The van der Waals surface area contributed by atoms with Crippen molar-refractivity contribution in [2.75, 3.05) is 20.0 Å². The van der Waals surface area contributed by atoms with Crippen molar-refractivity contribution in [1.29, 1.82) is 0 Å². The molecule has 0 aromatic heterocycles. The lowest BCUT2D eigenvalue weighted by atomic mass is 9.98. The second-order valence-corrected chi connectivity index (χ2v) is 10.5. The Morgan fingerprint density at radius 1 is 0.946 bits per heavy atom. The Balaban J connectivity index is 1.62. The van der Waals surface area contributed by atoms with Crippen LogP contribution in [0.15, 0.2) is 78.9 Å². The van der Waals surface area contributed by atoms with Crippen molar-refractivity contribution in [2.45, 2.75) is 37.7 Å². The van der Waals surface area contributed by atoms with Gasteiger partial charge in [-0.1, -0.05) is 80.6 Å². The van der Waals surface area contributed by atoms with E-state index in [9.17, 15) is 9.59 Å². The summed E-state index contributed by atoms with van der Waals surface area (Å²) in [7, 11) is 3.18. The van der Waals surface area contributed by atoms with E-state index in [-0.39, 0.29) is 29.1 Å². The van der Waals surface area contributed by atoms with E-state index in [1.54, 1.807) is 30.9 Å². The van der Waals surface area contributed by atoms with Gasteiger partial charge in [0.15, 0.2) is 11.5 Å². The van der Waals surface area contributed by atoms with E-state index in [1.807, 2.05) is 80.6 Å². The first-order valence-electron chi connectivity index (χ1n) is 12.5. The second-order valence-electron chi connectivity index (χ2n) is 9.38. The molecule has 0 aliphatic carbocycles. The van der Waals surface area contributed by atoms with E-state index in [2.05, 4.69) is 17.4 Å². The summed E-state index contributed by atoms with van der Waals surface area (Å²) >= 11 is 1.59. The Bertz CT molecular complexity index is 1200. The molecule has 6 nitrogen and oxygen atoms in total. The maximum atomic E-state index is 13.8. The summed E-state index contributed by atoms with van der Waals surface area (Å²) < 4.78 is 10.9. The molecule has 0 saturated carbocycles. The minimum absolute atomic E-state index is 0.0516. The van der Waals surface area contributed by atoms with Crippen molar-refractivity contribution < 1.29 is 19.1 Å². The number of amides is 2. The third-order valence-electron chi connectivity index (χ3n) is 6.55. The number of ether oxygens (including phenoxy) is 2. The Labute approximate surface area is 223 Å². The zero-order valence-corrected chi connectivity index (χ0v) is 22.5. The van der Waals surface area contributed by atoms with Gasteiger partial charge in [0, 0.05) is 11.7 Å². The van der Waals surface area contributed by atoms with Gasteiger partial charge in [-0.2, -0.15) is 0 Å². The first-order chi connectivity index (χ1) is 17.9.